The summed E-state index contributed by atoms with van der Waals surface area (Å²) in [5, 5.41) is 0.679. The number of anilines is 1. The highest BCUT2D eigenvalue weighted by atomic mass is 32.1. The Balaban J connectivity index is 2.02. The molecule has 0 spiro atoms. The van der Waals surface area contributed by atoms with Gasteiger partial charge in [-0.15, -0.1) is 0 Å². The minimum atomic E-state index is -0.159. The highest BCUT2D eigenvalue weighted by Crippen LogP contribution is 2.39. The molecule has 0 aliphatic rings. The van der Waals surface area contributed by atoms with E-state index in [0.29, 0.717) is 34.5 Å². The summed E-state index contributed by atoms with van der Waals surface area (Å²) in [4.78, 5) is 22.2. The lowest BCUT2D eigenvalue weighted by atomic mass is 10.1. The van der Waals surface area contributed by atoms with Gasteiger partial charge in [0, 0.05) is 12.1 Å². The normalized spacial score (nSPS) is 11.1. The van der Waals surface area contributed by atoms with Crippen LogP contribution in [0.1, 0.15) is 22.3 Å². The molecule has 0 fully saturated rings. The van der Waals surface area contributed by atoms with Crippen molar-refractivity contribution in [3.63, 3.8) is 0 Å². The second kappa shape index (κ2) is 9.98. The summed E-state index contributed by atoms with van der Waals surface area (Å²) < 4.78 is 17.3. The summed E-state index contributed by atoms with van der Waals surface area (Å²) in [7, 11) is 8.66. The first-order valence-electron chi connectivity index (χ1n) is 10.0. The molecule has 0 aliphatic carbocycles. The molecule has 0 radical (unpaired) electrons. The molecule has 0 unspecified atom stereocenters. The van der Waals surface area contributed by atoms with Gasteiger partial charge in [-0.05, 0) is 63.8 Å². The van der Waals surface area contributed by atoms with E-state index in [2.05, 4.69) is 17.9 Å². The van der Waals surface area contributed by atoms with Crippen molar-refractivity contribution in [1.82, 2.24) is 9.88 Å². The van der Waals surface area contributed by atoms with Crippen LogP contribution in [-0.4, -0.2) is 64.3 Å². The average molecular weight is 444 g/mol. The zero-order valence-corrected chi connectivity index (χ0v) is 19.7. The van der Waals surface area contributed by atoms with Crippen LogP contribution in [0, 0.1) is 6.92 Å². The molecule has 166 valence electrons. The van der Waals surface area contributed by atoms with Crippen molar-refractivity contribution in [2.24, 2.45) is 0 Å². The van der Waals surface area contributed by atoms with Gasteiger partial charge < -0.3 is 19.1 Å². The van der Waals surface area contributed by atoms with Gasteiger partial charge in [-0.25, -0.2) is 4.98 Å². The van der Waals surface area contributed by atoms with E-state index in [-0.39, 0.29) is 5.91 Å². The number of hydrogen-bond donors (Lipinski definition) is 0. The molecule has 1 aromatic heterocycles. The minimum absolute atomic E-state index is 0.159. The maximum Gasteiger partial charge on any atom is 0.260 e. The molecule has 0 saturated heterocycles. The number of carbonyl (C=O) groups excluding carboxylic acids is 1. The maximum absolute atomic E-state index is 13.6. The van der Waals surface area contributed by atoms with Gasteiger partial charge >= 0.3 is 0 Å². The summed E-state index contributed by atoms with van der Waals surface area (Å²) >= 11 is 1.52. The molecule has 0 saturated carbocycles. The number of benzene rings is 2. The van der Waals surface area contributed by atoms with E-state index >= 15 is 0 Å². The predicted octanol–water partition coefficient (Wildman–Crippen LogP) is 4.23. The summed E-state index contributed by atoms with van der Waals surface area (Å²) in [5.74, 6) is 1.18. The van der Waals surface area contributed by atoms with Crippen LogP contribution < -0.4 is 19.1 Å². The van der Waals surface area contributed by atoms with E-state index in [1.807, 2.05) is 26.2 Å². The van der Waals surface area contributed by atoms with Crippen molar-refractivity contribution < 1.29 is 19.0 Å². The van der Waals surface area contributed by atoms with Crippen LogP contribution >= 0.6 is 11.3 Å². The number of aromatic nitrogens is 1. The molecule has 3 aromatic rings. The molecule has 0 atom stereocenters. The SMILES string of the molecule is COc1cc(C(=O)N(CCCN(C)C)c2nc3ccc(C)cc3s2)cc(OC)c1OC. The molecule has 1 amide bonds. The smallest absolute Gasteiger partial charge is 0.260 e. The predicted molar refractivity (Wildman–Crippen MR) is 125 cm³/mol. The lowest BCUT2D eigenvalue weighted by molar-refractivity contribution is 0.0985. The molecule has 0 N–H and O–H groups in total. The number of carbonyl (C=O) groups is 1. The highest BCUT2D eigenvalue weighted by molar-refractivity contribution is 7.22. The Labute approximate surface area is 187 Å². The van der Waals surface area contributed by atoms with Gasteiger partial charge in [0.05, 0.1) is 31.5 Å². The van der Waals surface area contributed by atoms with Crippen LogP contribution in [0.5, 0.6) is 17.2 Å². The number of rotatable bonds is 9. The Morgan fingerprint density at radius 3 is 2.26 bits per heavy atom. The fourth-order valence-corrected chi connectivity index (χ4v) is 4.41. The van der Waals surface area contributed by atoms with Gasteiger partial charge in [-0.1, -0.05) is 17.4 Å². The van der Waals surface area contributed by atoms with Crippen molar-refractivity contribution in [3.05, 3.63) is 41.5 Å². The maximum atomic E-state index is 13.6. The van der Waals surface area contributed by atoms with Crippen molar-refractivity contribution in [3.8, 4) is 17.2 Å². The van der Waals surface area contributed by atoms with E-state index in [9.17, 15) is 4.79 Å². The molecule has 0 bridgehead atoms. The molecule has 2 aromatic carbocycles. The lowest BCUT2D eigenvalue weighted by Crippen LogP contribution is -2.33. The van der Waals surface area contributed by atoms with Gasteiger partial charge in [0.2, 0.25) is 5.75 Å². The summed E-state index contributed by atoms with van der Waals surface area (Å²) in [6.07, 6.45) is 0.818. The van der Waals surface area contributed by atoms with Gasteiger partial charge in [-0.3, -0.25) is 9.69 Å². The van der Waals surface area contributed by atoms with Gasteiger partial charge in [0.1, 0.15) is 0 Å². The van der Waals surface area contributed by atoms with Crippen molar-refractivity contribution in [2.45, 2.75) is 13.3 Å². The third-order valence-corrected chi connectivity index (χ3v) is 5.95. The Morgan fingerprint density at radius 2 is 1.68 bits per heavy atom. The number of ether oxygens (including phenoxy) is 3. The number of amides is 1. The number of methoxy groups -OCH3 is 3. The van der Waals surface area contributed by atoms with Crippen LogP contribution in [-0.2, 0) is 0 Å². The standard InChI is InChI=1S/C23H29N3O4S/c1-15-8-9-17-20(12-15)31-23(24-17)26(11-7-10-25(2)3)22(27)16-13-18(28-4)21(30-6)19(14-16)29-5/h8-9,12-14H,7,10-11H2,1-6H3. The summed E-state index contributed by atoms with van der Waals surface area (Å²) in [6, 6.07) is 9.48. The van der Waals surface area contributed by atoms with Crippen LogP contribution in [0.3, 0.4) is 0 Å². The number of hydrogen-bond acceptors (Lipinski definition) is 7. The third-order valence-electron chi connectivity index (χ3n) is 4.91. The van der Waals surface area contributed by atoms with E-state index in [1.165, 1.54) is 25.6 Å². The molecular weight excluding hydrogens is 414 g/mol. The van der Waals surface area contributed by atoms with Crippen molar-refractivity contribution >= 4 is 32.6 Å². The van der Waals surface area contributed by atoms with Crippen LogP contribution in [0.2, 0.25) is 0 Å². The van der Waals surface area contributed by atoms with Gasteiger partial charge in [0.15, 0.2) is 16.6 Å². The summed E-state index contributed by atoms with van der Waals surface area (Å²) in [5.41, 5.74) is 2.51. The minimum Gasteiger partial charge on any atom is -0.493 e. The molecule has 31 heavy (non-hydrogen) atoms. The largest absolute Gasteiger partial charge is 0.493 e. The van der Waals surface area contributed by atoms with Gasteiger partial charge in [0.25, 0.3) is 5.91 Å². The quantitative estimate of drug-likeness (QED) is 0.493. The van der Waals surface area contributed by atoms with Crippen LogP contribution in [0.25, 0.3) is 10.2 Å². The Kier molecular flexibility index (Phi) is 7.35. The molecule has 0 aliphatic heterocycles. The van der Waals surface area contributed by atoms with E-state index < -0.39 is 0 Å². The van der Waals surface area contributed by atoms with Crippen LogP contribution in [0.15, 0.2) is 30.3 Å². The first-order chi connectivity index (χ1) is 14.9. The number of fused-ring (bicyclic) bond motifs is 1. The fourth-order valence-electron chi connectivity index (χ4n) is 3.32. The Morgan fingerprint density at radius 1 is 1.00 bits per heavy atom. The van der Waals surface area contributed by atoms with Crippen molar-refractivity contribution in [1.29, 1.82) is 0 Å². The second-order valence-electron chi connectivity index (χ2n) is 7.50. The van der Waals surface area contributed by atoms with E-state index in [4.69, 9.17) is 19.2 Å². The topological polar surface area (TPSA) is 64.1 Å². The average Bonchev–Trinajstić information content (AvgIpc) is 3.17. The number of nitrogens with zero attached hydrogens (tertiary/aromatic N) is 3. The second-order valence-corrected chi connectivity index (χ2v) is 8.50. The first kappa shape index (κ1) is 22.8. The zero-order valence-electron chi connectivity index (χ0n) is 18.9. The number of thiazole rings is 1. The zero-order chi connectivity index (χ0) is 22.5. The first-order valence-corrected chi connectivity index (χ1v) is 10.8. The highest BCUT2D eigenvalue weighted by Gasteiger charge is 2.24. The van der Waals surface area contributed by atoms with Crippen LogP contribution in [0.4, 0.5) is 5.13 Å². The van der Waals surface area contributed by atoms with Gasteiger partial charge in [-0.2, -0.15) is 0 Å². The Hall–Kier alpha value is -2.84. The monoisotopic (exact) mass is 443 g/mol. The number of aryl methyl sites for hydroxylation is 1. The van der Waals surface area contributed by atoms with E-state index in [0.717, 1.165) is 28.7 Å². The molecule has 1 heterocycles. The third kappa shape index (κ3) is 5.08. The molecule has 7 nitrogen and oxygen atoms in total. The summed E-state index contributed by atoms with van der Waals surface area (Å²) in [6.45, 7) is 3.46. The lowest BCUT2D eigenvalue weighted by Gasteiger charge is -2.22. The van der Waals surface area contributed by atoms with Crippen molar-refractivity contribution in [2.75, 3.05) is 53.4 Å². The fraction of sp³-hybridized carbons (Fsp3) is 0.391. The molecule has 8 heteroatoms. The molecule has 3 rings (SSSR count). The Bertz CT molecular complexity index is 1040. The van der Waals surface area contributed by atoms with E-state index in [1.54, 1.807) is 24.1 Å². The molecular formula is C23H29N3O4S.